The van der Waals surface area contributed by atoms with Gasteiger partial charge in [0.25, 0.3) is 0 Å². The molecule has 0 aromatic carbocycles. The van der Waals surface area contributed by atoms with Crippen LogP contribution in [0.4, 0.5) is 5.88 Å². The normalized spacial score (nSPS) is 9.83. The number of nitrogens with one attached hydrogen (secondary N) is 1. The summed E-state index contributed by atoms with van der Waals surface area (Å²) < 4.78 is 5.25. The van der Waals surface area contributed by atoms with Crippen molar-refractivity contribution in [1.29, 1.82) is 5.26 Å². The Morgan fingerprint density at radius 3 is 2.67 bits per heavy atom. The molecule has 18 heavy (non-hydrogen) atoms. The number of amides is 1. The van der Waals surface area contributed by atoms with Gasteiger partial charge in [0.1, 0.15) is 17.4 Å². The van der Waals surface area contributed by atoms with E-state index < -0.39 is 11.9 Å². The van der Waals surface area contributed by atoms with Crippen molar-refractivity contribution in [3.05, 3.63) is 16.9 Å². The van der Waals surface area contributed by atoms with E-state index >= 15 is 0 Å². The Kier molecular flexibility index (Phi) is 4.80. The average molecular weight is 268 g/mol. The van der Waals surface area contributed by atoms with E-state index in [1.165, 1.54) is 0 Å². The van der Waals surface area contributed by atoms with E-state index in [9.17, 15) is 9.59 Å². The number of carboxylic acids is 1. The lowest BCUT2D eigenvalue weighted by molar-refractivity contribution is -0.133. The molecule has 1 heterocycles. The Labute approximate surface area is 108 Å². The molecule has 1 rings (SSSR count). The number of rotatable bonds is 5. The van der Waals surface area contributed by atoms with Gasteiger partial charge in [-0.25, -0.2) is 0 Å². The van der Waals surface area contributed by atoms with Gasteiger partial charge in [-0.2, -0.15) is 5.26 Å². The number of aliphatic carboxylic acids is 1. The Morgan fingerprint density at radius 1 is 1.44 bits per heavy atom. The summed E-state index contributed by atoms with van der Waals surface area (Å²) in [4.78, 5) is 21.8. The predicted octanol–water partition coefficient (Wildman–Crippen LogP) is 1.52. The molecule has 0 spiro atoms. The van der Waals surface area contributed by atoms with E-state index in [2.05, 4.69) is 5.32 Å². The summed E-state index contributed by atoms with van der Waals surface area (Å²) in [6.07, 6.45) is 0. The Hall–Kier alpha value is -1.94. The number of anilines is 1. The first-order valence-electron chi connectivity index (χ1n) is 5.05. The summed E-state index contributed by atoms with van der Waals surface area (Å²) in [6.45, 7) is 3.43. The fraction of sp³-hybridized carbons (Fsp3) is 0.364. The van der Waals surface area contributed by atoms with Crippen LogP contribution in [-0.2, 0) is 9.59 Å². The average Bonchev–Trinajstić information content (AvgIpc) is 2.53. The molecule has 0 atom stereocenters. The van der Waals surface area contributed by atoms with Crippen LogP contribution in [0.1, 0.15) is 16.9 Å². The summed E-state index contributed by atoms with van der Waals surface area (Å²) >= 11 is 0.977. The van der Waals surface area contributed by atoms with Crippen LogP contribution in [0.25, 0.3) is 0 Å². The van der Waals surface area contributed by atoms with E-state index in [-0.39, 0.29) is 17.4 Å². The molecular weight excluding hydrogens is 256 g/mol. The Balaban J connectivity index is 2.63. The van der Waals surface area contributed by atoms with Gasteiger partial charge in [0.15, 0.2) is 0 Å². The van der Waals surface area contributed by atoms with Crippen molar-refractivity contribution in [2.45, 2.75) is 13.8 Å². The minimum absolute atomic E-state index is 0.00400. The third-order valence-corrected chi connectivity index (χ3v) is 3.13. The molecule has 0 fully saturated rings. The van der Waals surface area contributed by atoms with Gasteiger partial charge >= 0.3 is 5.97 Å². The maximum Gasteiger partial charge on any atom is 0.313 e. The molecule has 0 saturated carbocycles. The van der Waals surface area contributed by atoms with E-state index in [4.69, 9.17) is 14.8 Å². The van der Waals surface area contributed by atoms with Crippen molar-refractivity contribution in [1.82, 2.24) is 0 Å². The molecular formula is C11H12N2O4S. The maximum atomic E-state index is 11.5. The van der Waals surface area contributed by atoms with Crippen LogP contribution in [0.2, 0.25) is 0 Å². The van der Waals surface area contributed by atoms with Crippen LogP contribution in [0.3, 0.4) is 0 Å². The van der Waals surface area contributed by atoms with Crippen molar-refractivity contribution < 1.29 is 19.1 Å². The quantitative estimate of drug-likeness (QED) is 0.839. The second kappa shape index (κ2) is 6.12. The summed E-state index contributed by atoms with van der Waals surface area (Å²) in [6, 6.07) is 1.95. The Bertz CT molecular complexity index is 516. The van der Waals surface area contributed by atoms with Gasteiger partial charge in [-0.05, 0) is 13.8 Å². The topological polar surface area (TPSA) is 103 Å². The number of hydrogen-bond acceptors (Lipinski definition) is 5. The van der Waals surface area contributed by atoms with E-state index in [1.807, 2.05) is 6.07 Å². The fourth-order valence-corrected chi connectivity index (χ4v) is 1.78. The second-order valence-electron chi connectivity index (χ2n) is 3.53. The molecule has 0 radical (unpaired) electrons. The number of furan rings is 1. The lowest BCUT2D eigenvalue weighted by Crippen LogP contribution is -2.15. The Morgan fingerprint density at radius 2 is 2.11 bits per heavy atom. The highest BCUT2D eigenvalue weighted by atomic mass is 32.2. The maximum absolute atomic E-state index is 11.5. The van der Waals surface area contributed by atoms with Crippen molar-refractivity contribution >= 4 is 29.5 Å². The zero-order chi connectivity index (χ0) is 13.7. The lowest BCUT2D eigenvalue weighted by atomic mass is 10.2. The number of hydrogen-bond donors (Lipinski definition) is 2. The number of carbonyl (C=O) groups is 2. The molecule has 0 aliphatic carbocycles. The van der Waals surface area contributed by atoms with E-state index in [0.29, 0.717) is 16.9 Å². The molecule has 1 aromatic rings. The van der Waals surface area contributed by atoms with Crippen molar-refractivity contribution in [3.8, 4) is 6.07 Å². The largest absolute Gasteiger partial charge is 0.481 e. The molecule has 0 unspecified atom stereocenters. The first-order valence-corrected chi connectivity index (χ1v) is 6.20. The smallest absolute Gasteiger partial charge is 0.313 e. The summed E-state index contributed by atoms with van der Waals surface area (Å²) in [5.74, 6) is -0.833. The second-order valence-corrected chi connectivity index (χ2v) is 4.52. The van der Waals surface area contributed by atoms with Crippen LogP contribution in [0.15, 0.2) is 4.42 Å². The number of nitrogens with zero attached hydrogens (tertiary/aromatic N) is 1. The van der Waals surface area contributed by atoms with Gasteiger partial charge in [0.05, 0.1) is 11.5 Å². The SMILES string of the molecule is Cc1oc(NC(=O)CSCC(=O)O)c(C#N)c1C. The first-order chi connectivity index (χ1) is 8.45. The minimum Gasteiger partial charge on any atom is -0.481 e. The molecule has 0 saturated heterocycles. The summed E-state index contributed by atoms with van der Waals surface area (Å²) in [5, 5.41) is 19.8. The predicted molar refractivity (Wildman–Crippen MR) is 66.5 cm³/mol. The van der Waals surface area contributed by atoms with Gasteiger partial charge < -0.3 is 9.52 Å². The zero-order valence-corrected chi connectivity index (χ0v) is 10.8. The van der Waals surface area contributed by atoms with E-state index in [1.54, 1.807) is 13.8 Å². The molecule has 6 nitrogen and oxygen atoms in total. The van der Waals surface area contributed by atoms with Crippen LogP contribution < -0.4 is 5.32 Å². The molecule has 1 aromatic heterocycles. The van der Waals surface area contributed by atoms with Crippen molar-refractivity contribution in [2.24, 2.45) is 0 Å². The third-order valence-electron chi connectivity index (χ3n) is 2.21. The number of aryl methyl sites for hydroxylation is 1. The van der Waals surface area contributed by atoms with Crippen LogP contribution in [0.5, 0.6) is 0 Å². The first kappa shape index (κ1) is 14.1. The highest BCUT2D eigenvalue weighted by molar-refractivity contribution is 8.00. The van der Waals surface area contributed by atoms with Crippen LogP contribution in [-0.4, -0.2) is 28.5 Å². The molecule has 96 valence electrons. The van der Waals surface area contributed by atoms with Crippen LogP contribution in [0, 0.1) is 25.2 Å². The lowest BCUT2D eigenvalue weighted by Gasteiger charge is -2.01. The van der Waals surface area contributed by atoms with Gasteiger partial charge in [-0.3, -0.25) is 14.9 Å². The molecule has 1 amide bonds. The standard InChI is InChI=1S/C11H12N2O4S/c1-6-7(2)17-11(8(6)3-12)13-9(14)4-18-5-10(15)16/h4-5H2,1-2H3,(H,13,14)(H,15,16). The number of thioether (sulfide) groups is 1. The van der Waals surface area contributed by atoms with Gasteiger partial charge in [0, 0.05) is 5.56 Å². The highest BCUT2D eigenvalue weighted by Gasteiger charge is 2.16. The van der Waals surface area contributed by atoms with Gasteiger partial charge in [-0.1, -0.05) is 0 Å². The monoisotopic (exact) mass is 268 g/mol. The molecule has 7 heteroatoms. The third kappa shape index (κ3) is 3.53. The van der Waals surface area contributed by atoms with Crippen molar-refractivity contribution in [2.75, 3.05) is 16.8 Å². The fourth-order valence-electron chi connectivity index (χ4n) is 1.24. The van der Waals surface area contributed by atoms with E-state index in [0.717, 1.165) is 11.8 Å². The van der Waals surface area contributed by atoms with Gasteiger partial charge in [0.2, 0.25) is 11.8 Å². The number of carboxylic acid groups (broad SMARTS) is 1. The molecule has 0 aliphatic rings. The summed E-state index contributed by atoms with van der Waals surface area (Å²) in [5.41, 5.74) is 0.982. The van der Waals surface area contributed by atoms with Crippen molar-refractivity contribution in [3.63, 3.8) is 0 Å². The van der Waals surface area contributed by atoms with Crippen LogP contribution >= 0.6 is 11.8 Å². The molecule has 0 bridgehead atoms. The number of nitriles is 1. The summed E-state index contributed by atoms with van der Waals surface area (Å²) in [7, 11) is 0. The molecule has 2 N–H and O–H groups in total. The van der Waals surface area contributed by atoms with Gasteiger partial charge in [-0.15, -0.1) is 11.8 Å². The number of carbonyl (C=O) groups excluding carboxylic acids is 1. The highest BCUT2D eigenvalue weighted by Crippen LogP contribution is 2.25. The minimum atomic E-state index is -0.977. The zero-order valence-electron chi connectivity index (χ0n) is 9.94. The molecule has 0 aliphatic heterocycles.